The Morgan fingerprint density at radius 1 is 1.11 bits per heavy atom. The highest BCUT2D eigenvalue weighted by Crippen LogP contribution is 2.30. The van der Waals surface area contributed by atoms with Crippen molar-refractivity contribution in [3.63, 3.8) is 0 Å². The van der Waals surface area contributed by atoms with Crippen molar-refractivity contribution in [2.45, 2.75) is 6.42 Å². The highest BCUT2D eigenvalue weighted by Gasteiger charge is 2.21. The van der Waals surface area contributed by atoms with E-state index in [0.29, 0.717) is 17.9 Å². The molecule has 0 aliphatic rings. The van der Waals surface area contributed by atoms with Crippen LogP contribution in [0.15, 0.2) is 48.5 Å². The van der Waals surface area contributed by atoms with Gasteiger partial charge in [0.15, 0.2) is 5.13 Å². The van der Waals surface area contributed by atoms with Gasteiger partial charge in [0.2, 0.25) is 0 Å². The molecule has 2 aromatic carbocycles. The standard InChI is InChI=1S/C20H23N3O2S.ClH/c1-22(2)12-7-13-23(19(24)15-8-6-9-16(14-15)25-3)20-21-17-10-4-5-11-18(17)26-20;/h4-6,8-11,14H,7,12-13H2,1-3H3;1H. The van der Waals surface area contributed by atoms with Crippen LogP contribution in [0, 0.1) is 0 Å². The summed E-state index contributed by atoms with van der Waals surface area (Å²) in [5.41, 5.74) is 1.53. The van der Waals surface area contributed by atoms with E-state index in [1.165, 1.54) is 0 Å². The number of nitrogens with zero attached hydrogens (tertiary/aromatic N) is 3. The summed E-state index contributed by atoms with van der Waals surface area (Å²) in [5, 5.41) is 0.734. The van der Waals surface area contributed by atoms with Crippen LogP contribution in [0.25, 0.3) is 10.2 Å². The molecule has 7 heteroatoms. The molecule has 0 atom stereocenters. The smallest absolute Gasteiger partial charge is 0.260 e. The van der Waals surface area contributed by atoms with Crippen LogP contribution in [-0.2, 0) is 0 Å². The summed E-state index contributed by atoms with van der Waals surface area (Å²) in [6.45, 7) is 1.53. The molecule has 3 rings (SSSR count). The van der Waals surface area contributed by atoms with Crippen molar-refractivity contribution in [3.05, 3.63) is 54.1 Å². The molecular formula is C20H24ClN3O2S. The second kappa shape index (κ2) is 9.69. The first kappa shape index (κ1) is 21.2. The number of hydrogen-bond acceptors (Lipinski definition) is 5. The topological polar surface area (TPSA) is 45.7 Å². The second-order valence-electron chi connectivity index (χ2n) is 6.31. The van der Waals surface area contributed by atoms with Gasteiger partial charge in [0.05, 0.1) is 17.3 Å². The molecule has 1 aromatic heterocycles. The van der Waals surface area contributed by atoms with Gasteiger partial charge in [0.1, 0.15) is 5.75 Å². The summed E-state index contributed by atoms with van der Waals surface area (Å²) < 4.78 is 6.34. The fourth-order valence-corrected chi connectivity index (χ4v) is 3.71. The summed E-state index contributed by atoms with van der Waals surface area (Å²) >= 11 is 1.55. The van der Waals surface area contributed by atoms with E-state index < -0.39 is 0 Å². The Hall–Kier alpha value is -2.15. The zero-order valence-corrected chi connectivity index (χ0v) is 17.3. The molecule has 0 aliphatic carbocycles. The molecule has 0 saturated heterocycles. The number of fused-ring (bicyclic) bond motifs is 1. The van der Waals surface area contributed by atoms with Crippen LogP contribution in [0.1, 0.15) is 16.8 Å². The summed E-state index contributed by atoms with van der Waals surface area (Å²) in [6, 6.07) is 15.2. The molecule has 144 valence electrons. The minimum atomic E-state index is -0.0540. The minimum absolute atomic E-state index is 0. The van der Waals surface area contributed by atoms with E-state index in [0.717, 1.165) is 28.3 Å². The first-order valence-corrected chi connectivity index (χ1v) is 9.36. The number of halogens is 1. The summed E-state index contributed by atoms with van der Waals surface area (Å²) in [7, 11) is 5.67. The first-order chi connectivity index (χ1) is 12.6. The Morgan fingerprint density at radius 3 is 2.59 bits per heavy atom. The number of benzene rings is 2. The largest absolute Gasteiger partial charge is 0.497 e. The molecule has 0 spiro atoms. The highest BCUT2D eigenvalue weighted by atomic mass is 35.5. The van der Waals surface area contributed by atoms with Crippen molar-refractivity contribution in [1.82, 2.24) is 9.88 Å². The number of thiazole rings is 1. The summed E-state index contributed by atoms with van der Waals surface area (Å²) in [4.78, 5) is 21.8. The predicted octanol–water partition coefficient (Wildman–Crippen LogP) is 4.33. The normalized spacial score (nSPS) is 10.7. The lowest BCUT2D eigenvalue weighted by Gasteiger charge is -2.21. The fraction of sp³-hybridized carbons (Fsp3) is 0.300. The maximum Gasteiger partial charge on any atom is 0.260 e. The number of carbonyl (C=O) groups is 1. The quantitative estimate of drug-likeness (QED) is 0.587. The third-order valence-electron chi connectivity index (χ3n) is 4.06. The zero-order chi connectivity index (χ0) is 18.5. The maximum absolute atomic E-state index is 13.2. The van der Waals surface area contributed by atoms with Gasteiger partial charge < -0.3 is 9.64 Å². The molecule has 0 saturated carbocycles. The van der Waals surface area contributed by atoms with E-state index >= 15 is 0 Å². The average Bonchev–Trinajstić information content (AvgIpc) is 3.08. The van der Waals surface area contributed by atoms with Crippen molar-refractivity contribution in [1.29, 1.82) is 0 Å². The minimum Gasteiger partial charge on any atom is -0.497 e. The van der Waals surface area contributed by atoms with Gasteiger partial charge >= 0.3 is 0 Å². The van der Waals surface area contributed by atoms with E-state index in [1.54, 1.807) is 29.4 Å². The average molecular weight is 406 g/mol. The number of para-hydroxylation sites is 1. The van der Waals surface area contributed by atoms with Crippen molar-refractivity contribution >= 4 is 45.0 Å². The van der Waals surface area contributed by atoms with E-state index in [4.69, 9.17) is 4.74 Å². The van der Waals surface area contributed by atoms with E-state index in [9.17, 15) is 4.79 Å². The number of methoxy groups -OCH3 is 1. The Labute approximate surface area is 170 Å². The monoisotopic (exact) mass is 405 g/mol. The van der Waals surface area contributed by atoms with Crippen molar-refractivity contribution in [3.8, 4) is 5.75 Å². The van der Waals surface area contributed by atoms with Crippen molar-refractivity contribution in [2.24, 2.45) is 0 Å². The van der Waals surface area contributed by atoms with Gasteiger partial charge in [0.25, 0.3) is 5.91 Å². The number of carbonyl (C=O) groups excluding carboxylic acids is 1. The van der Waals surface area contributed by atoms with Crippen LogP contribution in [-0.4, -0.2) is 50.1 Å². The Kier molecular flexibility index (Phi) is 7.59. The van der Waals surface area contributed by atoms with Gasteiger partial charge in [-0.2, -0.15) is 0 Å². The number of aromatic nitrogens is 1. The zero-order valence-electron chi connectivity index (χ0n) is 15.7. The summed E-state index contributed by atoms with van der Waals surface area (Å²) in [5.74, 6) is 0.620. The number of hydrogen-bond donors (Lipinski definition) is 0. The van der Waals surface area contributed by atoms with Gasteiger partial charge in [-0.25, -0.2) is 4.98 Å². The van der Waals surface area contributed by atoms with Crippen LogP contribution in [0.4, 0.5) is 5.13 Å². The lowest BCUT2D eigenvalue weighted by atomic mass is 10.2. The van der Waals surface area contributed by atoms with E-state index in [2.05, 4.69) is 9.88 Å². The lowest BCUT2D eigenvalue weighted by Crippen LogP contribution is -2.33. The van der Waals surface area contributed by atoms with E-state index in [1.807, 2.05) is 56.6 Å². The van der Waals surface area contributed by atoms with Gasteiger partial charge in [-0.15, -0.1) is 12.4 Å². The number of anilines is 1. The molecular weight excluding hydrogens is 382 g/mol. The molecule has 27 heavy (non-hydrogen) atoms. The third kappa shape index (κ3) is 5.19. The Bertz CT molecular complexity index is 865. The van der Waals surface area contributed by atoms with Crippen LogP contribution < -0.4 is 9.64 Å². The van der Waals surface area contributed by atoms with Gasteiger partial charge in [-0.05, 0) is 57.4 Å². The van der Waals surface area contributed by atoms with Crippen LogP contribution in [0.2, 0.25) is 0 Å². The van der Waals surface area contributed by atoms with E-state index in [-0.39, 0.29) is 18.3 Å². The van der Waals surface area contributed by atoms with Crippen LogP contribution >= 0.6 is 23.7 Å². The van der Waals surface area contributed by atoms with Gasteiger partial charge in [-0.3, -0.25) is 9.69 Å². The molecule has 0 fully saturated rings. The molecule has 5 nitrogen and oxygen atoms in total. The third-order valence-corrected chi connectivity index (χ3v) is 5.12. The number of rotatable bonds is 7. The Balaban J connectivity index is 0.00000261. The van der Waals surface area contributed by atoms with Crippen LogP contribution in [0.5, 0.6) is 5.75 Å². The fourth-order valence-electron chi connectivity index (χ4n) is 2.72. The predicted molar refractivity (Wildman–Crippen MR) is 115 cm³/mol. The molecule has 0 bridgehead atoms. The van der Waals surface area contributed by atoms with Crippen LogP contribution in [0.3, 0.4) is 0 Å². The number of ether oxygens (including phenoxy) is 1. The van der Waals surface area contributed by atoms with Gasteiger partial charge in [0, 0.05) is 12.1 Å². The first-order valence-electron chi connectivity index (χ1n) is 8.54. The maximum atomic E-state index is 13.2. The molecule has 1 heterocycles. The van der Waals surface area contributed by atoms with Crippen molar-refractivity contribution in [2.75, 3.05) is 39.2 Å². The molecule has 0 aliphatic heterocycles. The summed E-state index contributed by atoms with van der Waals surface area (Å²) in [6.07, 6.45) is 0.874. The molecule has 0 unspecified atom stereocenters. The lowest BCUT2D eigenvalue weighted by molar-refractivity contribution is 0.0985. The van der Waals surface area contributed by atoms with Crippen molar-refractivity contribution < 1.29 is 9.53 Å². The van der Waals surface area contributed by atoms with Gasteiger partial charge in [-0.1, -0.05) is 29.5 Å². The number of amides is 1. The highest BCUT2D eigenvalue weighted by molar-refractivity contribution is 7.22. The molecule has 3 aromatic rings. The SMILES string of the molecule is COc1cccc(C(=O)N(CCCN(C)C)c2nc3ccccc3s2)c1.Cl. The molecule has 1 amide bonds. The molecule has 0 N–H and O–H groups in total. The second-order valence-corrected chi connectivity index (χ2v) is 7.32. The Morgan fingerprint density at radius 2 is 1.89 bits per heavy atom. The molecule has 0 radical (unpaired) electrons.